The van der Waals surface area contributed by atoms with Gasteiger partial charge in [-0.25, -0.2) is 13.1 Å². The first-order chi connectivity index (χ1) is 11.2. The normalized spacial score (nSPS) is 17.5. The van der Waals surface area contributed by atoms with Crippen molar-refractivity contribution in [3.8, 4) is 0 Å². The van der Waals surface area contributed by atoms with Gasteiger partial charge in [-0.3, -0.25) is 4.39 Å². The Balaban J connectivity index is 3.09. The van der Waals surface area contributed by atoms with E-state index in [1.807, 2.05) is 27.7 Å². The van der Waals surface area contributed by atoms with Crippen LogP contribution < -0.4 is 4.72 Å². The predicted molar refractivity (Wildman–Crippen MR) is 95.0 cm³/mol. The smallest absolute Gasteiger partial charge is 0.240 e. The third kappa shape index (κ3) is 5.01. The van der Waals surface area contributed by atoms with Crippen molar-refractivity contribution in [2.24, 2.45) is 11.8 Å². The van der Waals surface area contributed by atoms with E-state index in [-0.39, 0.29) is 23.2 Å². The summed E-state index contributed by atoms with van der Waals surface area (Å²) in [5, 5.41) is 11.0. The molecule has 0 saturated carbocycles. The second-order valence-electron chi connectivity index (χ2n) is 6.66. The van der Waals surface area contributed by atoms with Crippen LogP contribution in [0.3, 0.4) is 0 Å². The standard InChI is InChI=1S/C18H30FNO3S/c1-5-18(21,14(2)3)15(4)17(12-9-13-19)20-24(22,23)16-10-7-6-8-11-16/h6-8,10-11,14-15,17,20-21H,5,9,12-13H2,1-4H3/t15-,17?,18-/m0/s1. The molecule has 3 atom stereocenters. The molecule has 0 bridgehead atoms. The van der Waals surface area contributed by atoms with E-state index in [9.17, 15) is 17.9 Å². The highest BCUT2D eigenvalue weighted by atomic mass is 32.2. The molecule has 0 radical (unpaired) electrons. The summed E-state index contributed by atoms with van der Waals surface area (Å²) in [6, 6.07) is 7.58. The summed E-state index contributed by atoms with van der Waals surface area (Å²) >= 11 is 0. The Labute approximate surface area is 145 Å². The largest absolute Gasteiger partial charge is 0.389 e. The molecule has 24 heavy (non-hydrogen) atoms. The molecule has 0 aromatic heterocycles. The lowest BCUT2D eigenvalue weighted by Crippen LogP contribution is -2.52. The van der Waals surface area contributed by atoms with Gasteiger partial charge in [-0.2, -0.15) is 0 Å². The molecule has 0 heterocycles. The number of halogens is 1. The van der Waals surface area contributed by atoms with E-state index in [4.69, 9.17) is 0 Å². The maximum atomic E-state index is 12.7. The fraction of sp³-hybridized carbons (Fsp3) is 0.667. The van der Waals surface area contributed by atoms with Crippen LogP contribution in [0.25, 0.3) is 0 Å². The number of rotatable bonds is 10. The Morgan fingerprint density at radius 2 is 1.79 bits per heavy atom. The van der Waals surface area contributed by atoms with Crippen molar-refractivity contribution in [2.45, 2.75) is 63.5 Å². The molecule has 0 spiro atoms. The Hall–Kier alpha value is -0.980. The average Bonchev–Trinajstić information content (AvgIpc) is 2.57. The summed E-state index contributed by atoms with van der Waals surface area (Å²) in [5.41, 5.74) is -1.01. The second-order valence-corrected chi connectivity index (χ2v) is 8.37. The molecule has 6 heteroatoms. The zero-order chi connectivity index (χ0) is 18.4. The first-order valence-corrected chi connectivity index (χ1v) is 10.0. The number of hydrogen-bond donors (Lipinski definition) is 2. The van der Waals surface area contributed by atoms with Gasteiger partial charge < -0.3 is 5.11 Å². The van der Waals surface area contributed by atoms with Crippen LogP contribution in [0.2, 0.25) is 0 Å². The summed E-state index contributed by atoms with van der Waals surface area (Å²) in [6.45, 7) is 7.03. The summed E-state index contributed by atoms with van der Waals surface area (Å²) in [6.07, 6.45) is 1.11. The van der Waals surface area contributed by atoms with E-state index < -0.39 is 28.3 Å². The fourth-order valence-electron chi connectivity index (χ4n) is 3.18. The van der Waals surface area contributed by atoms with Crippen LogP contribution in [-0.2, 0) is 10.0 Å². The van der Waals surface area contributed by atoms with E-state index in [1.165, 1.54) is 12.1 Å². The predicted octanol–water partition coefficient (Wildman–Crippen LogP) is 3.52. The number of sulfonamides is 1. The van der Waals surface area contributed by atoms with Crippen LogP contribution in [0.4, 0.5) is 4.39 Å². The maximum absolute atomic E-state index is 12.7. The van der Waals surface area contributed by atoms with Crippen LogP contribution in [-0.4, -0.2) is 31.8 Å². The lowest BCUT2D eigenvalue weighted by molar-refractivity contribution is -0.0665. The number of nitrogens with one attached hydrogen (secondary N) is 1. The Bertz CT molecular complexity index is 592. The van der Waals surface area contributed by atoms with Gasteiger partial charge in [0.2, 0.25) is 10.0 Å². The summed E-state index contributed by atoms with van der Waals surface area (Å²) in [5.74, 6) is -0.376. The Kier molecular flexibility index (Phi) is 7.83. The topological polar surface area (TPSA) is 66.4 Å². The van der Waals surface area contributed by atoms with Crippen molar-refractivity contribution in [3.05, 3.63) is 30.3 Å². The van der Waals surface area contributed by atoms with Gasteiger partial charge in [0.05, 0.1) is 17.2 Å². The molecular weight excluding hydrogens is 329 g/mol. The van der Waals surface area contributed by atoms with Crippen molar-refractivity contribution in [1.29, 1.82) is 0 Å². The molecular formula is C18H30FNO3S. The van der Waals surface area contributed by atoms with Crippen molar-refractivity contribution in [1.82, 2.24) is 4.72 Å². The van der Waals surface area contributed by atoms with Gasteiger partial charge >= 0.3 is 0 Å². The fourth-order valence-corrected chi connectivity index (χ4v) is 4.55. The number of benzene rings is 1. The molecule has 0 saturated heterocycles. The third-order valence-electron chi connectivity index (χ3n) is 4.97. The van der Waals surface area contributed by atoms with Crippen molar-refractivity contribution in [2.75, 3.05) is 6.67 Å². The summed E-state index contributed by atoms with van der Waals surface area (Å²) in [4.78, 5) is 0.173. The van der Waals surface area contributed by atoms with E-state index in [0.717, 1.165) is 0 Å². The number of hydrogen-bond acceptors (Lipinski definition) is 3. The first-order valence-electron chi connectivity index (χ1n) is 8.54. The molecule has 0 aliphatic carbocycles. The molecule has 1 unspecified atom stereocenters. The molecule has 0 fully saturated rings. The summed E-state index contributed by atoms with van der Waals surface area (Å²) in [7, 11) is -3.71. The molecule has 0 amide bonds. The minimum absolute atomic E-state index is 0.0356. The molecule has 2 N–H and O–H groups in total. The monoisotopic (exact) mass is 359 g/mol. The highest BCUT2D eigenvalue weighted by Crippen LogP contribution is 2.33. The van der Waals surface area contributed by atoms with Crippen LogP contribution in [0.5, 0.6) is 0 Å². The number of aliphatic hydroxyl groups is 1. The van der Waals surface area contributed by atoms with Gasteiger partial charge in [-0.15, -0.1) is 0 Å². The molecule has 1 rings (SSSR count). The zero-order valence-electron chi connectivity index (χ0n) is 15.0. The van der Waals surface area contributed by atoms with Crippen molar-refractivity contribution in [3.63, 3.8) is 0 Å². The van der Waals surface area contributed by atoms with Crippen LogP contribution in [0.1, 0.15) is 47.0 Å². The van der Waals surface area contributed by atoms with Crippen LogP contribution >= 0.6 is 0 Å². The minimum Gasteiger partial charge on any atom is -0.389 e. The molecule has 4 nitrogen and oxygen atoms in total. The SMILES string of the molecule is CC[C@](O)(C(C)C)[C@@H](C)C(CCCF)NS(=O)(=O)c1ccccc1. The molecule has 138 valence electrons. The minimum atomic E-state index is -3.71. The summed E-state index contributed by atoms with van der Waals surface area (Å²) < 4.78 is 40.6. The van der Waals surface area contributed by atoms with Gasteiger partial charge in [0.25, 0.3) is 0 Å². The van der Waals surface area contributed by atoms with Gasteiger partial charge in [-0.05, 0) is 37.3 Å². The first kappa shape index (κ1) is 21.1. The Morgan fingerprint density at radius 3 is 2.25 bits per heavy atom. The van der Waals surface area contributed by atoms with Crippen LogP contribution in [0, 0.1) is 11.8 Å². The van der Waals surface area contributed by atoms with E-state index >= 15 is 0 Å². The van der Waals surface area contributed by atoms with Gasteiger partial charge in [0, 0.05) is 12.0 Å². The van der Waals surface area contributed by atoms with Gasteiger partial charge in [-0.1, -0.05) is 45.9 Å². The molecule has 1 aromatic rings. The molecule has 1 aromatic carbocycles. The maximum Gasteiger partial charge on any atom is 0.240 e. The number of alkyl halides is 1. The Morgan fingerprint density at radius 1 is 1.21 bits per heavy atom. The average molecular weight is 360 g/mol. The van der Waals surface area contributed by atoms with E-state index in [1.54, 1.807) is 18.2 Å². The van der Waals surface area contributed by atoms with Gasteiger partial charge in [0.15, 0.2) is 0 Å². The van der Waals surface area contributed by atoms with E-state index in [2.05, 4.69) is 4.72 Å². The van der Waals surface area contributed by atoms with Crippen LogP contribution in [0.15, 0.2) is 35.2 Å². The zero-order valence-corrected chi connectivity index (χ0v) is 15.8. The highest BCUT2D eigenvalue weighted by molar-refractivity contribution is 7.89. The molecule has 0 aliphatic heterocycles. The third-order valence-corrected chi connectivity index (χ3v) is 6.47. The lowest BCUT2D eigenvalue weighted by Gasteiger charge is -2.41. The lowest BCUT2D eigenvalue weighted by atomic mass is 9.73. The van der Waals surface area contributed by atoms with Crippen molar-refractivity contribution >= 4 is 10.0 Å². The quantitative estimate of drug-likeness (QED) is 0.672. The van der Waals surface area contributed by atoms with Crippen molar-refractivity contribution < 1.29 is 17.9 Å². The van der Waals surface area contributed by atoms with E-state index in [0.29, 0.717) is 12.8 Å². The highest BCUT2D eigenvalue weighted by Gasteiger charge is 2.40. The second kappa shape index (κ2) is 8.92. The molecule has 0 aliphatic rings. The van der Waals surface area contributed by atoms with Gasteiger partial charge in [0.1, 0.15) is 0 Å².